The quantitative estimate of drug-likeness (QED) is 0.506. The van der Waals surface area contributed by atoms with Crippen LogP contribution < -0.4 is 5.32 Å². The number of nitrogens with zero attached hydrogens (tertiary/aromatic N) is 1. The number of hydrogen-bond donors (Lipinski definition) is 3. The number of carbonyl (C=O) groups is 2. The molecule has 0 aliphatic carbocycles. The van der Waals surface area contributed by atoms with E-state index in [0.29, 0.717) is 0 Å². The molecular formula is C9H8N2O6. The number of phenols is 1. The van der Waals surface area contributed by atoms with Crippen LogP contribution in [0.1, 0.15) is 10.4 Å². The summed E-state index contributed by atoms with van der Waals surface area (Å²) in [4.78, 5) is 31.1. The molecule has 0 atom stereocenters. The zero-order chi connectivity index (χ0) is 13.0. The Hall–Kier alpha value is -2.64. The average Bonchev–Trinajstić information content (AvgIpc) is 2.25. The lowest BCUT2D eigenvalue weighted by Gasteiger charge is -2.03. The summed E-state index contributed by atoms with van der Waals surface area (Å²) in [6.07, 6.45) is 0. The van der Waals surface area contributed by atoms with Crippen molar-refractivity contribution in [2.24, 2.45) is 0 Å². The molecule has 17 heavy (non-hydrogen) atoms. The van der Waals surface area contributed by atoms with E-state index in [9.17, 15) is 24.8 Å². The lowest BCUT2D eigenvalue weighted by molar-refractivity contribution is -0.385. The summed E-state index contributed by atoms with van der Waals surface area (Å²) < 4.78 is 0. The SMILES string of the molecule is O=C(O)CNC(=O)c1ccc([N+](=O)[O-])c(O)c1. The molecule has 0 radical (unpaired) electrons. The smallest absolute Gasteiger partial charge is 0.322 e. The second kappa shape index (κ2) is 4.92. The molecule has 1 aromatic carbocycles. The van der Waals surface area contributed by atoms with E-state index in [2.05, 4.69) is 5.32 Å². The second-order valence-corrected chi connectivity index (χ2v) is 3.04. The summed E-state index contributed by atoms with van der Waals surface area (Å²) >= 11 is 0. The largest absolute Gasteiger partial charge is 0.502 e. The highest BCUT2D eigenvalue weighted by molar-refractivity contribution is 5.96. The Morgan fingerprint density at radius 2 is 2.06 bits per heavy atom. The van der Waals surface area contributed by atoms with Crippen molar-refractivity contribution in [2.45, 2.75) is 0 Å². The fourth-order valence-electron chi connectivity index (χ4n) is 1.08. The first-order valence-corrected chi connectivity index (χ1v) is 4.39. The number of aliphatic carboxylic acids is 1. The van der Waals surface area contributed by atoms with Crippen molar-refractivity contribution in [1.29, 1.82) is 0 Å². The number of benzene rings is 1. The van der Waals surface area contributed by atoms with Crippen LogP contribution in [0.2, 0.25) is 0 Å². The maximum Gasteiger partial charge on any atom is 0.322 e. The van der Waals surface area contributed by atoms with Gasteiger partial charge in [-0.15, -0.1) is 0 Å². The van der Waals surface area contributed by atoms with Gasteiger partial charge in [-0.3, -0.25) is 19.7 Å². The first kappa shape index (κ1) is 12.4. The number of rotatable bonds is 4. The van der Waals surface area contributed by atoms with Gasteiger partial charge in [0.1, 0.15) is 6.54 Å². The number of nitro groups is 1. The average molecular weight is 240 g/mol. The molecule has 1 aromatic rings. The van der Waals surface area contributed by atoms with Gasteiger partial charge in [-0.25, -0.2) is 0 Å². The molecule has 0 unspecified atom stereocenters. The van der Waals surface area contributed by atoms with Gasteiger partial charge in [0.25, 0.3) is 5.91 Å². The Bertz CT molecular complexity index is 484. The lowest BCUT2D eigenvalue weighted by atomic mass is 10.2. The van der Waals surface area contributed by atoms with Gasteiger partial charge in [0.2, 0.25) is 0 Å². The van der Waals surface area contributed by atoms with Crippen molar-refractivity contribution in [3.8, 4) is 5.75 Å². The number of aromatic hydroxyl groups is 1. The van der Waals surface area contributed by atoms with E-state index in [1.54, 1.807) is 0 Å². The van der Waals surface area contributed by atoms with Crippen LogP contribution in [0.4, 0.5) is 5.69 Å². The Balaban J connectivity index is 2.86. The van der Waals surface area contributed by atoms with E-state index >= 15 is 0 Å². The topological polar surface area (TPSA) is 130 Å². The zero-order valence-electron chi connectivity index (χ0n) is 8.41. The van der Waals surface area contributed by atoms with E-state index in [1.165, 1.54) is 0 Å². The molecule has 1 amide bonds. The van der Waals surface area contributed by atoms with Gasteiger partial charge in [0, 0.05) is 11.6 Å². The summed E-state index contributed by atoms with van der Waals surface area (Å²) in [6.45, 7) is -0.573. The van der Waals surface area contributed by atoms with Gasteiger partial charge >= 0.3 is 11.7 Å². The van der Waals surface area contributed by atoms with Crippen molar-refractivity contribution in [2.75, 3.05) is 6.54 Å². The van der Waals surface area contributed by atoms with Gasteiger partial charge < -0.3 is 15.5 Å². The molecule has 0 aliphatic heterocycles. The Labute approximate surface area is 94.6 Å². The van der Waals surface area contributed by atoms with Crippen molar-refractivity contribution in [3.63, 3.8) is 0 Å². The van der Waals surface area contributed by atoms with Crippen molar-refractivity contribution < 1.29 is 24.7 Å². The number of nitro benzene ring substituents is 1. The molecular weight excluding hydrogens is 232 g/mol. The molecule has 0 bridgehead atoms. The standard InChI is InChI=1S/C9H8N2O6/c12-7-3-5(1-2-6(7)11(16)17)9(15)10-4-8(13)14/h1-3,12H,4H2,(H,10,15)(H,13,14). The normalized spacial score (nSPS) is 9.65. The highest BCUT2D eigenvalue weighted by Gasteiger charge is 2.16. The molecule has 0 saturated heterocycles. The van der Waals surface area contributed by atoms with Crippen LogP contribution in [0.25, 0.3) is 0 Å². The fraction of sp³-hybridized carbons (Fsp3) is 0.111. The van der Waals surface area contributed by atoms with Gasteiger partial charge in [-0.05, 0) is 12.1 Å². The summed E-state index contributed by atoms with van der Waals surface area (Å²) in [6, 6.07) is 2.98. The zero-order valence-corrected chi connectivity index (χ0v) is 8.41. The molecule has 0 aliphatic rings. The van der Waals surface area contributed by atoms with Gasteiger partial charge in [-0.2, -0.15) is 0 Å². The molecule has 1 rings (SSSR count). The molecule has 90 valence electrons. The number of phenolic OH excluding ortho intramolecular Hbond substituents is 1. The lowest BCUT2D eigenvalue weighted by Crippen LogP contribution is -2.29. The first-order valence-electron chi connectivity index (χ1n) is 4.39. The predicted octanol–water partition coefficient (Wildman–Crippen LogP) is 0.115. The Morgan fingerprint density at radius 3 is 2.53 bits per heavy atom. The first-order chi connectivity index (χ1) is 7.91. The van der Waals surface area contributed by atoms with Gasteiger partial charge in [0.15, 0.2) is 5.75 Å². The van der Waals surface area contributed by atoms with E-state index in [4.69, 9.17) is 5.11 Å². The van der Waals surface area contributed by atoms with E-state index < -0.39 is 34.8 Å². The van der Waals surface area contributed by atoms with Crippen LogP contribution in [-0.4, -0.2) is 33.6 Å². The van der Waals surface area contributed by atoms with E-state index in [0.717, 1.165) is 18.2 Å². The summed E-state index contributed by atoms with van der Waals surface area (Å²) in [7, 11) is 0. The summed E-state index contributed by atoms with van der Waals surface area (Å²) in [5, 5.41) is 30.0. The highest BCUT2D eigenvalue weighted by Crippen LogP contribution is 2.25. The number of carbonyl (C=O) groups excluding carboxylic acids is 1. The molecule has 3 N–H and O–H groups in total. The maximum absolute atomic E-state index is 11.3. The van der Waals surface area contributed by atoms with E-state index in [1.807, 2.05) is 0 Å². The molecule has 0 heterocycles. The van der Waals surface area contributed by atoms with Crippen molar-refractivity contribution >= 4 is 17.6 Å². The van der Waals surface area contributed by atoms with Crippen LogP contribution in [0, 0.1) is 10.1 Å². The number of carboxylic acids is 1. The van der Waals surface area contributed by atoms with Crippen LogP contribution in [0.15, 0.2) is 18.2 Å². The van der Waals surface area contributed by atoms with Crippen LogP contribution in [0.3, 0.4) is 0 Å². The highest BCUT2D eigenvalue weighted by atomic mass is 16.6. The monoisotopic (exact) mass is 240 g/mol. The van der Waals surface area contributed by atoms with Crippen molar-refractivity contribution in [1.82, 2.24) is 5.32 Å². The third-order valence-electron chi connectivity index (χ3n) is 1.83. The molecule has 8 heteroatoms. The Morgan fingerprint density at radius 1 is 1.41 bits per heavy atom. The summed E-state index contributed by atoms with van der Waals surface area (Å²) in [5.74, 6) is -2.61. The molecule has 8 nitrogen and oxygen atoms in total. The molecule has 0 saturated carbocycles. The minimum atomic E-state index is -1.22. The Kier molecular flexibility index (Phi) is 3.60. The molecule has 0 fully saturated rings. The number of carboxylic acid groups (broad SMARTS) is 1. The number of amides is 1. The third kappa shape index (κ3) is 3.16. The van der Waals surface area contributed by atoms with Crippen LogP contribution >= 0.6 is 0 Å². The minimum absolute atomic E-state index is 0.0608. The van der Waals surface area contributed by atoms with Crippen LogP contribution in [0.5, 0.6) is 5.75 Å². The van der Waals surface area contributed by atoms with E-state index in [-0.39, 0.29) is 5.56 Å². The number of hydrogen-bond acceptors (Lipinski definition) is 5. The fourth-order valence-corrected chi connectivity index (χ4v) is 1.08. The molecule has 0 spiro atoms. The third-order valence-corrected chi connectivity index (χ3v) is 1.83. The molecule has 0 aromatic heterocycles. The summed E-state index contributed by atoms with van der Waals surface area (Å²) in [5.41, 5.74) is -0.589. The van der Waals surface area contributed by atoms with Crippen molar-refractivity contribution in [3.05, 3.63) is 33.9 Å². The number of nitrogens with one attached hydrogen (secondary N) is 1. The second-order valence-electron chi connectivity index (χ2n) is 3.04. The maximum atomic E-state index is 11.3. The van der Waals surface area contributed by atoms with Crippen LogP contribution in [-0.2, 0) is 4.79 Å². The van der Waals surface area contributed by atoms with Gasteiger partial charge in [-0.1, -0.05) is 0 Å². The predicted molar refractivity (Wildman–Crippen MR) is 54.7 cm³/mol. The minimum Gasteiger partial charge on any atom is -0.502 e. The van der Waals surface area contributed by atoms with Gasteiger partial charge in [0.05, 0.1) is 4.92 Å².